The Morgan fingerprint density at radius 1 is 1.38 bits per heavy atom. The lowest BCUT2D eigenvalue weighted by molar-refractivity contribution is -0.127. The number of terminal acetylenes is 1. The molecule has 0 spiro atoms. The van der Waals surface area contributed by atoms with Crippen molar-refractivity contribution in [2.45, 2.75) is 25.8 Å². The molecule has 0 saturated carbocycles. The summed E-state index contributed by atoms with van der Waals surface area (Å²) in [4.78, 5) is 13.4. The molecule has 1 heterocycles. The van der Waals surface area contributed by atoms with E-state index in [1.165, 1.54) is 0 Å². The van der Waals surface area contributed by atoms with Gasteiger partial charge < -0.3 is 15.0 Å². The van der Waals surface area contributed by atoms with Gasteiger partial charge in [0.2, 0.25) is 5.91 Å². The maximum atomic E-state index is 11.5. The van der Waals surface area contributed by atoms with Gasteiger partial charge in [-0.3, -0.25) is 4.79 Å². The van der Waals surface area contributed by atoms with Crippen LogP contribution in [0.15, 0.2) is 24.3 Å². The molecule has 4 heteroatoms. The zero-order valence-corrected chi connectivity index (χ0v) is 12.3. The molecule has 21 heavy (non-hydrogen) atoms. The van der Waals surface area contributed by atoms with Crippen molar-refractivity contribution < 1.29 is 9.53 Å². The predicted molar refractivity (Wildman–Crippen MR) is 82.9 cm³/mol. The average molecular weight is 286 g/mol. The largest absolute Gasteiger partial charge is 0.481 e. The zero-order valence-electron chi connectivity index (χ0n) is 12.3. The third kappa shape index (κ3) is 4.80. The van der Waals surface area contributed by atoms with Crippen molar-refractivity contribution in [3.05, 3.63) is 29.8 Å². The predicted octanol–water partition coefficient (Wildman–Crippen LogP) is 1.80. The van der Waals surface area contributed by atoms with Crippen molar-refractivity contribution >= 4 is 5.91 Å². The highest BCUT2D eigenvalue weighted by Gasteiger charge is 2.18. The van der Waals surface area contributed by atoms with E-state index in [-0.39, 0.29) is 6.61 Å². The van der Waals surface area contributed by atoms with Gasteiger partial charge in [-0.15, -0.1) is 6.42 Å². The molecular formula is C17H22N2O2. The topological polar surface area (TPSA) is 41.6 Å². The highest BCUT2D eigenvalue weighted by molar-refractivity contribution is 5.77. The Labute approximate surface area is 126 Å². The molecule has 1 saturated heterocycles. The number of nitrogens with one attached hydrogen (secondary N) is 1. The summed E-state index contributed by atoms with van der Waals surface area (Å²) in [7, 11) is 0. The molecular weight excluding hydrogens is 264 g/mol. The van der Waals surface area contributed by atoms with E-state index in [0.717, 1.165) is 50.3 Å². The molecule has 2 rings (SSSR count). The number of hydrogen-bond acceptors (Lipinski definition) is 3. The molecule has 112 valence electrons. The first-order valence-electron chi connectivity index (χ1n) is 7.44. The lowest BCUT2D eigenvalue weighted by Gasteiger charge is -2.15. The standard InChI is InChI=1S/C17H22N2O2/c1-2-13-21-16-8-4-3-7-15(16)14-18-10-6-12-19-11-5-9-17(19)20/h1,3-4,7-8,18H,5-6,9-14H2. The van der Waals surface area contributed by atoms with Gasteiger partial charge in [-0.2, -0.15) is 0 Å². The van der Waals surface area contributed by atoms with E-state index in [9.17, 15) is 4.79 Å². The number of para-hydroxylation sites is 1. The van der Waals surface area contributed by atoms with E-state index in [0.29, 0.717) is 12.3 Å². The second-order valence-corrected chi connectivity index (χ2v) is 5.12. The molecule has 0 unspecified atom stereocenters. The third-order valence-electron chi connectivity index (χ3n) is 3.55. The Kier molecular flexibility index (Phi) is 6.11. The van der Waals surface area contributed by atoms with Gasteiger partial charge in [-0.05, 0) is 25.5 Å². The number of benzene rings is 1. The molecule has 1 aliphatic heterocycles. The fourth-order valence-corrected chi connectivity index (χ4v) is 2.47. The van der Waals surface area contributed by atoms with Gasteiger partial charge in [0.1, 0.15) is 12.4 Å². The smallest absolute Gasteiger partial charge is 0.222 e. The Balaban J connectivity index is 1.68. The van der Waals surface area contributed by atoms with Crippen LogP contribution < -0.4 is 10.1 Å². The van der Waals surface area contributed by atoms with Crippen molar-refractivity contribution in [2.75, 3.05) is 26.2 Å². The molecule has 1 aliphatic rings. The van der Waals surface area contributed by atoms with Gasteiger partial charge in [0.05, 0.1) is 0 Å². The van der Waals surface area contributed by atoms with Crippen LogP contribution in [0.2, 0.25) is 0 Å². The molecule has 1 amide bonds. The molecule has 1 aromatic carbocycles. The second kappa shape index (κ2) is 8.33. The third-order valence-corrected chi connectivity index (χ3v) is 3.55. The lowest BCUT2D eigenvalue weighted by Crippen LogP contribution is -2.28. The second-order valence-electron chi connectivity index (χ2n) is 5.12. The van der Waals surface area contributed by atoms with Gasteiger partial charge in [0.15, 0.2) is 0 Å². The number of carbonyl (C=O) groups is 1. The van der Waals surface area contributed by atoms with Crippen LogP contribution in [0, 0.1) is 12.3 Å². The minimum atomic E-state index is 0.286. The molecule has 1 fully saturated rings. The number of amides is 1. The number of hydrogen-bond donors (Lipinski definition) is 1. The quantitative estimate of drug-likeness (QED) is 0.585. The highest BCUT2D eigenvalue weighted by Crippen LogP contribution is 2.17. The zero-order chi connectivity index (χ0) is 14.9. The van der Waals surface area contributed by atoms with Crippen LogP contribution in [0.3, 0.4) is 0 Å². The molecule has 1 N–H and O–H groups in total. The van der Waals surface area contributed by atoms with E-state index >= 15 is 0 Å². The van der Waals surface area contributed by atoms with Crippen molar-refractivity contribution in [2.24, 2.45) is 0 Å². The summed E-state index contributed by atoms with van der Waals surface area (Å²) in [6, 6.07) is 7.89. The number of rotatable bonds is 8. The summed E-state index contributed by atoms with van der Waals surface area (Å²) in [6.45, 7) is 3.68. The Morgan fingerprint density at radius 2 is 2.24 bits per heavy atom. The van der Waals surface area contributed by atoms with Crippen LogP contribution in [-0.2, 0) is 11.3 Å². The number of likely N-dealkylation sites (tertiary alicyclic amines) is 1. The molecule has 0 bridgehead atoms. The molecule has 4 nitrogen and oxygen atoms in total. The monoisotopic (exact) mass is 286 g/mol. The van der Waals surface area contributed by atoms with E-state index in [1.807, 2.05) is 29.2 Å². The van der Waals surface area contributed by atoms with Crippen LogP contribution in [-0.4, -0.2) is 37.0 Å². The van der Waals surface area contributed by atoms with Crippen LogP contribution in [0.1, 0.15) is 24.8 Å². The van der Waals surface area contributed by atoms with Gasteiger partial charge in [-0.1, -0.05) is 24.1 Å². The van der Waals surface area contributed by atoms with Crippen molar-refractivity contribution in [3.8, 4) is 18.1 Å². The lowest BCUT2D eigenvalue weighted by atomic mass is 10.2. The molecule has 0 radical (unpaired) electrons. The summed E-state index contributed by atoms with van der Waals surface area (Å²) < 4.78 is 5.51. The first-order chi connectivity index (χ1) is 10.3. The van der Waals surface area contributed by atoms with E-state index in [2.05, 4.69) is 11.2 Å². The first-order valence-corrected chi connectivity index (χ1v) is 7.44. The van der Waals surface area contributed by atoms with Gasteiger partial charge in [0, 0.05) is 31.6 Å². The molecule has 0 atom stereocenters. The summed E-state index contributed by atoms with van der Waals surface area (Å²) >= 11 is 0. The normalized spacial score (nSPS) is 14.2. The number of ether oxygens (including phenoxy) is 1. The molecule has 0 aromatic heterocycles. The minimum Gasteiger partial charge on any atom is -0.481 e. The first kappa shape index (κ1) is 15.4. The summed E-state index contributed by atoms with van der Waals surface area (Å²) in [5, 5.41) is 3.39. The summed E-state index contributed by atoms with van der Waals surface area (Å²) in [6.07, 6.45) is 7.91. The summed E-state index contributed by atoms with van der Waals surface area (Å²) in [5.74, 6) is 3.60. The fraction of sp³-hybridized carbons (Fsp3) is 0.471. The number of carbonyl (C=O) groups excluding carboxylic acids is 1. The maximum Gasteiger partial charge on any atom is 0.222 e. The minimum absolute atomic E-state index is 0.286. The number of nitrogens with zero attached hydrogens (tertiary/aromatic N) is 1. The van der Waals surface area contributed by atoms with Crippen LogP contribution in [0.5, 0.6) is 5.75 Å². The average Bonchev–Trinajstić information content (AvgIpc) is 2.91. The molecule has 1 aromatic rings. The Bertz CT molecular complexity index is 508. The van der Waals surface area contributed by atoms with E-state index < -0.39 is 0 Å². The van der Waals surface area contributed by atoms with Crippen LogP contribution in [0.25, 0.3) is 0 Å². The highest BCUT2D eigenvalue weighted by atomic mass is 16.5. The SMILES string of the molecule is C#CCOc1ccccc1CNCCCN1CCCC1=O. The van der Waals surface area contributed by atoms with Gasteiger partial charge in [0.25, 0.3) is 0 Å². The maximum absolute atomic E-state index is 11.5. The molecule has 0 aliphatic carbocycles. The fourth-order valence-electron chi connectivity index (χ4n) is 2.47. The van der Waals surface area contributed by atoms with Gasteiger partial charge in [-0.25, -0.2) is 0 Å². The van der Waals surface area contributed by atoms with Crippen LogP contribution in [0.4, 0.5) is 0 Å². The Hall–Kier alpha value is -1.99. The van der Waals surface area contributed by atoms with Crippen molar-refractivity contribution in [3.63, 3.8) is 0 Å². The summed E-state index contributed by atoms with van der Waals surface area (Å²) in [5.41, 5.74) is 1.10. The Morgan fingerprint density at radius 3 is 3.00 bits per heavy atom. The van der Waals surface area contributed by atoms with Crippen molar-refractivity contribution in [1.82, 2.24) is 10.2 Å². The van der Waals surface area contributed by atoms with E-state index in [4.69, 9.17) is 11.2 Å². The van der Waals surface area contributed by atoms with Crippen LogP contribution >= 0.6 is 0 Å². The van der Waals surface area contributed by atoms with E-state index in [1.54, 1.807) is 0 Å². The van der Waals surface area contributed by atoms with Gasteiger partial charge >= 0.3 is 0 Å². The van der Waals surface area contributed by atoms with Crippen molar-refractivity contribution in [1.29, 1.82) is 0 Å².